The van der Waals surface area contributed by atoms with Crippen LogP contribution < -0.4 is 5.43 Å². The van der Waals surface area contributed by atoms with E-state index in [-0.39, 0.29) is 5.75 Å². The van der Waals surface area contributed by atoms with E-state index in [1.54, 1.807) is 30.3 Å². The molecule has 0 spiro atoms. The second-order valence-corrected chi connectivity index (χ2v) is 6.40. The Labute approximate surface area is 167 Å². The molecular formula is C23H18N4O2. The Morgan fingerprint density at radius 2 is 1.62 bits per heavy atom. The van der Waals surface area contributed by atoms with Crippen molar-refractivity contribution in [3.8, 4) is 28.1 Å². The highest BCUT2D eigenvalue weighted by Crippen LogP contribution is 2.24. The van der Waals surface area contributed by atoms with Crippen LogP contribution >= 0.6 is 0 Å². The average molecular weight is 382 g/mol. The lowest BCUT2D eigenvalue weighted by Gasteiger charge is -2.02. The third-order valence-corrected chi connectivity index (χ3v) is 4.36. The summed E-state index contributed by atoms with van der Waals surface area (Å²) in [7, 11) is 0. The molecule has 29 heavy (non-hydrogen) atoms. The van der Waals surface area contributed by atoms with E-state index in [9.17, 15) is 9.90 Å². The largest absolute Gasteiger partial charge is 0.508 e. The molecule has 0 aliphatic rings. The Morgan fingerprint density at radius 3 is 2.38 bits per heavy atom. The monoisotopic (exact) mass is 382 g/mol. The highest BCUT2D eigenvalue weighted by atomic mass is 16.3. The van der Waals surface area contributed by atoms with E-state index in [1.165, 1.54) is 6.21 Å². The van der Waals surface area contributed by atoms with Crippen molar-refractivity contribution in [2.24, 2.45) is 5.10 Å². The van der Waals surface area contributed by atoms with Gasteiger partial charge in [-0.05, 0) is 34.9 Å². The van der Waals surface area contributed by atoms with E-state index in [4.69, 9.17) is 0 Å². The molecule has 1 aromatic heterocycles. The van der Waals surface area contributed by atoms with Gasteiger partial charge in [0.1, 0.15) is 11.4 Å². The Morgan fingerprint density at radius 1 is 0.897 bits per heavy atom. The van der Waals surface area contributed by atoms with Crippen LogP contribution in [-0.2, 0) is 0 Å². The first-order chi connectivity index (χ1) is 14.2. The number of phenols is 1. The van der Waals surface area contributed by atoms with E-state index in [1.807, 2.05) is 42.5 Å². The van der Waals surface area contributed by atoms with E-state index >= 15 is 0 Å². The molecular weight excluding hydrogens is 364 g/mol. The third-order valence-electron chi connectivity index (χ3n) is 4.36. The SMILES string of the molecule is O=C(NN=Cc1cccc(O)c1)c1cc(-c2ccc(-c3ccccc3)cc2)n[nH]1. The van der Waals surface area contributed by atoms with Gasteiger partial charge < -0.3 is 5.11 Å². The minimum Gasteiger partial charge on any atom is -0.508 e. The molecule has 1 heterocycles. The number of rotatable bonds is 5. The van der Waals surface area contributed by atoms with Gasteiger partial charge in [-0.3, -0.25) is 9.89 Å². The number of aromatic nitrogens is 2. The number of hydrogen-bond acceptors (Lipinski definition) is 4. The lowest BCUT2D eigenvalue weighted by Crippen LogP contribution is -2.17. The lowest BCUT2D eigenvalue weighted by atomic mass is 10.0. The van der Waals surface area contributed by atoms with Gasteiger partial charge in [0.2, 0.25) is 0 Å². The van der Waals surface area contributed by atoms with Gasteiger partial charge in [-0.25, -0.2) is 5.43 Å². The van der Waals surface area contributed by atoms with Crippen molar-refractivity contribution in [2.45, 2.75) is 0 Å². The fourth-order valence-electron chi connectivity index (χ4n) is 2.88. The molecule has 0 bridgehead atoms. The first-order valence-corrected chi connectivity index (χ1v) is 9.03. The molecule has 1 amide bonds. The first-order valence-electron chi connectivity index (χ1n) is 9.03. The molecule has 0 radical (unpaired) electrons. The van der Waals surface area contributed by atoms with Crippen molar-refractivity contribution < 1.29 is 9.90 Å². The molecule has 3 N–H and O–H groups in total. The lowest BCUT2D eigenvalue weighted by molar-refractivity contribution is 0.0950. The number of amides is 1. The summed E-state index contributed by atoms with van der Waals surface area (Å²) >= 11 is 0. The van der Waals surface area contributed by atoms with Gasteiger partial charge in [0.25, 0.3) is 5.91 Å². The summed E-state index contributed by atoms with van der Waals surface area (Å²) < 4.78 is 0. The maximum Gasteiger partial charge on any atom is 0.289 e. The molecule has 4 aromatic rings. The molecule has 0 unspecified atom stereocenters. The number of H-pyrrole nitrogens is 1. The summed E-state index contributed by atoms with van der Waals surface area (Å²) in [5.41, 5.74) is 7.26. The Kier molecular flexibility index (Phi) is 5.16. The van der Waals surface area contributed by atoms with Crippen LogP contribution in [0.5, 0.6) is 5.75 Å². The van der Waals surface area contributed by atoms with E-state index < -0.39 is 5.91 Å². The Hall–Kier alpha value is -4.19. The van der Waals surface area contributed by atoms with Crippen LogP contribution in [0.3, 0.4) is 0 Å². The molecule has 0 saturated heterocycles. The third kappa shape index (κ3) is 4.39. The molecule has 0 aliphatic heterocycles. The second-order valence-electron chi connectivity index (χ2n) is 6.40. The summed E-state index contributed by atoms with van der Waals surface area (Å²) in [6.07, 6.45) is 1.46. The molecule has 142 valence electrons. The van der Waals surface area contributed by atoms with E-state index in [2.05, 4.69) is 32.9 Å². The first kappa shape index (κ1) is 18.2. The predicted molar refractivity (Wildman–Crippen MR) is 113 cm³/mol. The van der Waals surface area contributed by atoms with Crippen molar-refractivity contribution in [3.05, 3.63) is 96.2 Å². The minimum atomic E-state index is -0.402. The number of nitrogens with one attached hydrogen (secondary N) is 2. The average Bonchev–Trinajstić information content (AvgIpc) is 3.25. The maximum atomic E-state index is 12.2. The van der Waals surface area contributed by atoms with E-state index in [0.717, 1.165) is 16.7 Å². The highest BCUT2D eigenvalue weighted by molar-refractivity contribution is 5.94. The molecule has 6 heteroatoms. The number of hydrazone groups is 1. The zero-order valence-corrected chi connectivity index (χ0v) is 15.4. The van der Waals surface area contributed by atoms with Gasteiger partial charge in [0, 0.05) is 5.56 Å². The maximum absolute atomic E-state index is 12.2. The molecule has 0 aliphatic carbocycles. The number of phenolic OH excluding ortho intramolecular Hbond substituents is 1. The predicted octanol–water partition coefficient (Wildman–Crippen LogP) is 4.21. The van der Waals surface area contributed by atoms with Crippen LogP contribution in [0.4, 0.5) is 0 Å². The van der Waals surface area contributed by atoms with Crippen molar-refractivity contribution in [3.63, 3.8) is 0 Å². The van der Waals surface area contributed by atoms with Crippen LogP contribution in [0, 0.1) is 0 Å². The summed E-state index contributed by atoms with van der Waals surface area (Å²) in [6, 6.07) is 26.4. The van der Waals surface area contributed by atoms with Crippen molar-refractivity contribution >= 4 is 12.1 Å². The Balaban J connectivity index is 1.43. The minimum absolute atomic E-state index is 0.136. The number of carbonyl (C=O) groups is 1. The number of carbonyl (C=O) groups excluding carboxylic acids is 1. The van der Waals surface area contributed by atoms with Crippen LogP contribution in [0.25, 0.3) is 22.4 Å². The molecule has 6 nitrogen and oxygen atoms in total. The van der Waals surface area contributed by atoms with Gasteiger partial charge in [0.05, 0.1) is 11.9 Å². The standard InChI is InChI=1S/C23H18N4O2/c28-20-8-4-5-16(13-20)15-24-27-23(29)22-14-21(25-26-22)19-11-9-18(10-12-19)17-6-2-1-3-7-17/h1-15,28H,(H,25,26)(H,27,29). The smallest absolute Gasteiger partial charge is 0.289 e. The zero-order chi connectivity index (χ0) is 20.1. The fourth-order valence-corrected chi connectivity index (χ4v) is 2.88. The number of nitrogens with zero attached hydrogens (tertiary/aromatic N) is 2. The van der Waals surface area contributed by atoms with Crippen LogP contribution in [-0.4, -0.2) is 27.4 Å². The zero-order valence-electron chi connectivity index (χ0n) is 15.4. The number of hydrogen-bond donors (Lipinski definition) is 3. The second kappa shape index (κ2) is 8.22. The van der Waals surface area contributed by atoms with Gasteiger partial charge >= 0.3 is 0 Å². The topological polar surface area (TPSA) is 90.4 Å². The molecule has 0 atom stereocenters. The number of aromatic amines is 1. The van der Waals surface area contributed by atoms with Crippen LogP contribution in [0.1, 0.15) is 16.1 Å². The van der Waals surface area contributed by atoms with Crippen LogP contribution in [0.2, 0.25) is 0 Å². The summed E-state index contributed by atoms with van der Waals surface area (Å²) in [5, 5.41) is 20.3. The summed E-state index contributed by atoms with van der Waals surface area (Å²) in [6.45, 7) is 0. The van der Waals surface area contributed by atoms with Crippen molar-refractivity contribution in [1.29, 1.82) is 0 Å². The van der Waals surface area contributed by atoms with Crippen LogP contribution in [0.15, 0.2) is 90.0 Å². The van der Waals surface area contributed by atoms with Gasteiger partial charge in [-0.1, -0.05) is 66.7 Å². The van der Waals surface area contributed by atoms with Gasteiger partial charge in [-0.15, -0.1) is 0 Å². The molecule has 4 rings (SSSR count). The Bertz CT molecular complexity index is 1150. The molecule has 0 saturated carbocycles. The quantitative estimate of drug-likeness (QED) is 0.357. The highest BCUT2D eigenvalue weighted by Gasteiger charge is 2.10. The summed E-state index contributed by atoms with van der Waals surface area (Å²) in [5.74, 6) is -0.266. The van der Waals surface area contributed by atoms with Gasteiger partial charge in [-0.2, -0.15) is 10.2 Å². The fraction of sp³-hybridized carbons (Fsp3) is 0. The molecule has 0 fully saturated rings. The normalized spacial score (nSPS) is 10.9. The number of benzene rings is 3. The van der Waals surface area contributed by atoms with E-state index in [0.29, 0.717) is 17.0 Å². The van der Waals surface area contributed by atoms with Crippen molar-refractivity contribution in [1.82, 2.24) is 15.6 Å². The van der Waals surface area contributed by atoms with Crippen molar-refractivity contribution in [2.75, 3.05) is 0 Å². The summed E-state index contributed by atoms with van der Waals surface area (Å²) in [4.78, 5) is 12.2. The molecule has 3 aromatic carbocycles. The number of aromatic hydroxyl groups is 1. The van der Waals surface area contributed by atoms with Gasteiger partial charge in [0.15, 0.2) is 0 Å².